The summed E-state index contributed by atoms with van der Waals surface area (Å²) in [6.45, 7) is 2.90. The van der Waals surface area contributed by atoms with Crippen molar-refractivity contribution in [2.75, 3.05) is 11.9 Å². The highest BCUT2D eigenvalue weighted by Gasteiger charge is 2.21. The van der Waals surface area contributed by atoms with E-state index in [4.69, 9.17) is 5.73 Å². The third-order valence-electron chi connectivity index (χ3n) is 3.32. The highest BCUT2D eigenvalue weighted by Crippen LogP contribution is 2.23. The summed E-state index contributed by atoms with van der Waals surface area (Å²) in [5, 5.41) is 3.35. The maximum Gasteiger partial charge on any atom is 0.129 e. The maximum absolute atomic E-state index is 6.10. The summed E-state index contributed by atoms with van der Waals surface area (Å²) in [4.78, 5) is 8.26. The molecule has 0 saturated heterocycles. The fourth-order valence-corrected chi connectivity index (χ4v) is 2.28. The first-order valence-corrected chi connectivity index (χ1v) is 6.04. The number of aromatic nitrogens is 2. The van der Waals surface area contributed by atoms with Crippen LogP contribution in [0.3, 0.4) is 0 Å². The van der Waals surface area contributed by atoms with E-state index >= 15 is 0 Å². The van der Waals surface area contributed by atoms with E-state index in [-0.39, 0.29) is 0 Å². The van der Waals surface area contributed by atoms with Gasteiger partial charge in [0.05, 0.1) is 0 Å². The minimum atomic E-state index is 0.351. The van der Waals surface area contributed by atoms with Crippen LogP contribution < -0.4 is 11.1 Å². The molecule has 0 bridgehead atoms. The van der Waals surface area contributed by atoms with Crippen molar-refractivity contribution in [3.05, 3.63) is 18.1 Å². The van der Waals surface area contributed by atoms with Crippen LogP contribution in [0.15, 0.2) is 12.4 Å². The van der Waals surface area contributed by atoms with Crippen LogP contribution in [0.4, 0.5) is 5.82 Å². The SMILES string of the molecule is Cc1cc(NCC2CCCCC2N)ncn1. The molecule has 0 aromatic carbocycles. The van der Waals surface area contributed by atoms with Crippen LogP contribution in [0.5, 0.6) is 0 Å². The Morgan fingerprint density at radius 1 is 1.38 bits per heavy atom. The highest BCUT2D eigenvalue weighted by molar-refractivity contribution is 5.34. The van der Waals surface area contributed by atoms with Crippen LogP contribution in [-0.4, -0.2) is 22.6 Å². The second kappa shape index (κ2) is 5.25. The lowest BCUT2D eigenvalue weighted by Gasteiger charge is -2.28. The second-order valence-electron chi connectivity index (χ2n) is 4.63. The fourth-order valence-electron chi connectivity index (χ4n) is 2.28. The van der Waals surface area contributed by atoms with E-state index in [0.717, 1.165) is 24.5 Å². The van der Waals surface area contributed by atoms with Crippen LogP contribution in [-0.2, 0) is 0 Å². The van der Waals surface area contributed by atoms with Gasteiger partial charge in [-0.05, 0) is 25.7 Å². The quantitative estimate of drug-likeness (QED) is 0.814. The third kappa shape index (κ3) is 2.92. The monoisotopic (exact) mass is 220 g/mol. The first-order chi connectivity index (χ1) is 7.75. The largest absolute Gasteiger partial charge is 0.370 e. The topological polar surface area (TPSA) is 63.8 Å². The molecule has 0 spiro atoms. The number of hydrogen-bond acceptors (Lipinski definition) is 4. The van der Waals surface area contributed by atoms with Crippen molar-refractivity contribution in [1.29, 1.82) is 0 Å². The van der Waals surface area contributed by atoms with Crippen molar-refractivity contribution in [3.8, 4) is 0 Å². The molecule has 0 amide bonds. The normalized spacial score (nSPS) is 25.4. The summed E-state index contributed by atoms with van der Waals surface area (Å²) in [7, 11) is 0. The van der Waals surface area contributed by atoms with Crippen LogP contribution >= 0.6 is 0 Å². The predicted octanol–water partition coefficient (Wildman–Crippen LogP) is 1.71. The van der Waals surface area contributed by atoms with Crippen molar-refractivity contribution in [3.63, 3.8) is 0 Å². The predicted molar refractivity (Wildman–Crippen MR) is 65.2 cm³/mol. The third-order valence-corrected chi connectivity index (χ3v) is 3.32. The van der Waals surface area contributed by atoms with Crippen LogP contribution in [0.1, 0.15) is 31.4 Å². The molecule has 2 rings (SSSR count). The standard InChI is InChI=1S/C12H20N4/c1-9-6-12(16-8-15-9)14-7-10-4-2-3-5-11(10)13/h6,8,10-11H,2-5,7,13H2,1H3,(H,14,15,16). The minimum absolute atomic E-state index is 0.351. The first kappa shape index (κ1) is 11.3. The van der Waals surface area contributed by atoms with E-state index in [9.17, 15) is 0 Å². The van der Waals surface area contributed by atoms with Gasteiger partial charge in [-0.2, -0.15) is 0 Å². The zero-order valence-corrected chi connectivity index (χ0v) is 9.82. The highest BCUT2D eigenvalue weighted by atomic mass is 15.0. The number of nitrogens with two attached hydrogens (primary N) is 1. The summed E-state index contributed by atoms with van der Waals surface area (Å²) in [5.41, 5.74) is 7.09. The molecule has 1 fully saturated rings. The first-order valence-electron chi connectivity index (χ1n) is 6.04. The Bertz CT molecular complexity index is 340. The molecule has 1 aromatic heterocycles. The molecular formula is C12H20N4. The molecule has 1 aliphatic carbocycles. The lowest BCUT2D eigenvalue weighted by molar-refractivity contribution is 0.321. The van der Waals surface area contributed by atoms with Gasteiger partial charge in [0.1, 0.15) is 12.1 Å². The van der Waals surface area contributed by atoms with E-state index in [0.29, 0.717) is 12.0 Å². The average Bonchev–Trinajstić information content (AvgIpc) is 2.28. The summed E-state index contributed by atoms with van der Waals surface area (Å²) < 4.78 is 0. The lowest BCUT2D eigenvalue weighted by Crippen LogP contribution is -2.37. The number of hydrogen-bond donors (Lipinski definition) is 2. The Morgan fingerprint density at radius 3 is 2.94 bits per heavy atom. The minimum Gasteiger partial charge on any atom is -0.370 e. The number of nitrogens with zero attached hydrogens (tertiary/aromatic N) is 2. The van der Waals surface area contributed by atoms with Crippen LogP contribution in [0, 0.1) is 12.8 Å². The van der Waals surface area contributed by atoms with Gasteiger partial charge in [-0.1, -0.05) is 12.8 Å². The van der Waals surface area contributed by atoms with E-state index in [1.54, 1.807) is 6.33 Å². The molecule has 0 aliphatic heterocycles. The van der Waals surface area contributed by atoms with Crippen LogP contribution in [0.25, 0.3) is 0 Å². The van der Waals surface area contributed by atoms with Gasteiger partial charge in [0.25, 0.3) is 0 Å². The van der Waals surface area contributed by atoms with Gasteiger partial charge in [0, 0.05) is 24.3 Å². The van der Waals surface area contributed by atoms with Gasteiger partial charge in [0.15, 0.2) is 0 Å². The molecule has 4 heteroatoms. The Labute approximate surface area is 96.7 Å². The van der Waals surface area contributed by atoms with Crippen molar-refractivity contribution in [1.82, 2.24) is 9.97 Å². The van der Waals surface area contributed by atoms with E-state index in [1.165, 1.54) is 19.3 Å². The number of aryl methyl sites for hydroxylation is 1. The number of anilines is 1. The zero-order valence-electron chi connectivity index (χ0n) is 9.82. The molecule has 1 aliphatic rings. The van der Waals surface area contributed by atoms with Gasteiger partial charge in [-0.25, -0.2) is 9.97 Å². The molecule has 0 radical (unpaired) electrons. The maximum atomic E-state index is 6.10. The molecule has 1 aromatic rings. The van der Waals surface area contributed by atoms with E-state index in [1.807, 2.05) is 13.0 Å². The molecule has 1 saturated carbocycles. The van der Waals surface area contributed by atoms with E-state index in [2.05, 4.69) is 15.3 Å². The number of nitrogens with one attached hydrogen (secondary N) is 1. The van der Waals surface area contributed by atoms with Gasteiger partial charge in [0.2, 0.25) is 0 Å². The van der Waals surface area contributed by atoms with Gasteiger partial charge in [-0.3, -0.25) is 0 Å². The van der Waals surface area contributed by atoms with Crippen molar-refractivity contribution in [2.45, 2.75) is 38.6 Å². The zero-order chi connectivity index (χ0) is 11.4. The smallest absolute Gasteiger partial charge is 0.129 e. The lowest BCUT2D eigenvalue weighted by atomic mass is 9.85. The summed E-state index contributed by atoms with van der Waals surface area (Å²) in [6, 6.07) is 2.32. The second-order valence-corrected chi connectivity index (χ2v) is 4.63. The average molecular weight is 220 g/mol. The summed E-state index contributed by atoms with van der Waals surface area (Å²) in [5.74, 6) is 1.49. The molecule has 88 valence electrons. The van der Waals surface area contributed by atoms with Crippen LogP contribution in [0.2, 0.25) is 0 Å². The van der Waals surface area contributed by atoms with Gasteiger partial charge in [-0.15, -0.1) is 0 Å². The molecule has 2 atom stereocenters. The molecule has 4 nitrogen and oxygen atoms in total. The molecule has 16 heavy (non-hydrogen) atoms. The summed E-state index contributed by atoms with van der Waals surface area (Å²) >= 11 is 0. The Kier molecular flexibility index (Phi) is 3.72. The number of rotatable bonds is 3. The van der Waals surface area contributed by atoms with E-state index < -0.39 is 0 Å². The Balaban J connectivity index is 1.86. The van der Waals surface area contributed by atoms with Crippen molar-refractivity contribution >= 4 is 5.82 Å². The molecule has 2 unspecified atom stereocenters. The Morgan fingerprint density at radius 2 is 2.19 bits per heavy atom. The van der Waals surface area contributed by atoms with Gasteiger partial charge < -0.3 is 11.1 Å². The summed E-state index contributed by atoms with van der Waals surface area (Å²) in [6.07, 6.45) is 6.58. The molecule has 3 N–H and O–H groups in total. The van der Waals surface area contributed by atoms with Gasteiger partial charge >= 0.3 is 0 Å². The van der Waals surface area contributed by atoms with Crippen molar-refractivity contribution in [2.24, 2.45) is 11.7 Å². The molecular weight excluding hydrogens is 200 g/mol. The van der Waals surface area contributed by atoms with Crippen molar-refractivity contribution < 1.29 is 0 Å². The molecule has 1 heterocycles. The fraction of sp³-hybridized carbons (Fsp3) is 0.667. The Hall–Kier alpha value is -1.16.